The molecule has 1 aromatic rings. The number of hydrogen-bond donors (Lipinski definition) is 1. The first-order chi connectivity index (χ1) is 9.85. The number of nitrogens with one attached hydrogen (secondary N) is 1. The summed E-state index contributed by atoms with van der Waals surface area (Å²) in [4.78, 5) is 2.58. The third kappa shape index (κ3) is 3.64. The minimum absolute atomic E-state index is 0.144. The Bertz CT molecular complexity index is 486. The molecule has 1 saturated heterocycles. The van der Waals surface area contributed by atoms with Gasteiger partial charge in [0.05, 0.1) is 0 Å². The van der Waals surface area contributed by atoms with Gasteiger partial charge in [-0.2, -0.15) is 0 Å². The normalized spacial score (nSPS) is 27.3. The number of piperazine rings is 1. The van der Waals surface area contributed by atoms with Crippen LogP contribution in [0.15, 0.2) is 18.2 Å². The third-order valence-electron chi connectivity index (χ3n) is 5.16. The molecule has 0 saturated carbocycles. The van der Waals surface area contributed by atoms with Crippen molar-refractivity contribution in [3.63, 3.8) is 0 Å². The molecule has 1 aliphatic rings. The zero-order chi connectivity index (χ0) is 15.6. The van der Waals surface area contributed by atoms with Gasteiger partial charge in [0.1, 0.15) is 5.82 Å². The summed E-state index contributed by atoms with van der Waals surface area (Å²) in [6, 6.07) is 5.69. The Balaban J connectivity index is 2.20. The van der Waals surface area contributed by atoms with Gasteiger partial charge in [-0.15, -0.1) is 0 Å². The smallest absolute Gasteiger partial charge is 0.123 e. The second-order valence-corrected chi connectivity index (χ2v) is 7.03. The van der Waals surface area contributed by atoms with Gasteiger partial charge < -0.3 is 5.32 Å². The molecule has 1 aliphatic heterocycles. The third-order valence-corrected chi connectivity index (χ3v) is 5.16. The molecule has 1 fully saturated rings. The van der Waals surface area contributed by atoms with Crippen LogP contribution in [-0.2, 0) is 6.54 Å². The maximum Gasteiger partial charge on any atom is 0.123 e. The topological polar surface area (TPSA) is 15.3 Å². The van der Waals surface area contributed by atoms with Crippen molar-refractivity contribution in [1.29, 1.82) is 0 Å². The highest BCUT2D eigenvalue weighted by Gasteiger charge is 2.37. The molecular formula is C18H29FN2. The predicted molar refractivity (Wildman–Crippen MR) is 86.9 cm³/mol. The van der Waals surface area contributed by atoms with Gasteiger partial charge in [0.15, 0.2) is 0 Å². The molecular weight excluding hydrogens is 263 g/mol. The molecule has 0 bridgehead atoms. The van der Waals surface area contributed by atoms with Gasteiger partial charge in [-0.25, -0.2) is 4.39 Å². The second-order valence-electron chi connectivity index (χ2n) is 7.03. The van der Waals surface area contributed by atoms with Crippen LogP contribution in [0.1, 0.15) is 45.2 Å². The summed E-state index contributed by atoms with van der Waals surface area (Å²) < 4.78 is 13.3. The van der Waals surface area contributed by atoms with Gasteiger partial charge in [0.25, 0.3) is 0 Å². The minimum atomic E-state index is -0.144. The Morgan fingerprint density at radius 1 is 1.43 bits per heavy atom. The average Bonchev–Trinajstić information content (AvgIpc) is 2.43. The monoisotopic (exact) mass is 292 g/mol. The van der Waals surface area contributed by atoms with Crippen molar-refractivity contribution in [1.82, 2.24) is 10.2 Å². The van der Waals surface area contributed by atoms with Gasteiger partial charge in [-0.3, -0.25) is 4.90 Å². The summed E-state index contributed by atoms with van der Waals surface area (Å²) in [5.74, 6) is 0.484. The number of halogens is 1. The highest BCUT2D eigenvalue weighted by molar-refractivity contribution is 5.26. The molecule has 0 radical (unpaired) electrons. The number of aryl methyl sites for hydroxylation is 1. The van der Waals surface area contributed by atoms with Crippen LogP contribution < -0.4 is 5.32 Å². The number of rotatable bonds is 4. The molecule has 0 aromatic heterocycles. The summed E-state index contributed by atoms with van der Waals surface area (Å²) in [5.41, 5.74) is 2.46. The molecule has 2 rings (SSSR count). The fourth-order valence-electron chi connectivity index (χ4n) is 3.08. The fraction of sp³-hybridized carbons (Fsp3) is 0.667. The van der Waals surface area contributed by atoms with E-state index < -0.39 is 0 Å². The summed E-state index contributed by atoms with van der Waals surface area (Å²) in [6.07, 6.45) is 1.12. The van der Waals surface area contributed by atoms with Crippen molar-refractivity contribution in [3.8, 4) is 0 Å². The van der Waals surface area contributed by atoms with Crippen LogP contribution in [0.2, 0.25) is 0 Å². The maximum absolute atomic E-state index is 13.3. The van der Waals surface area contributed by atoms with Crippen molar-refractivity contribution in [3.05, 3.63) is 35.1 Å². The molecule has 118 valence electrons. The zero-order valence-electron chi connectivity index (χ0n) is 14.0. The standard InChI is InChI=1S/C18H29FN2/c1-6-18(5)12-20-17(13(2)3)11-21(18)10-15-7-8-16(19)9-14(15)4/h7-9,13,17,20H,6,10-12H2,1-5H3. The average molecular weight is 292 g/mol. The van der Waals surface area contributed by atoms with Crippen LogP contribution in [-0.4, -0.2) is 29.6 Å². The Hall–Kier alpha value is -0.930. The Labute approximate surface area is 128 Å². The Kier molecular flexibility index (Phi) is 5.05. The highest BCUT2D eigenvalue weighted by Crippen LogP contribution is 2.27. The zero-order valence-corrected chi connectivity index (χ0v) is 14.0. The summed E-state index contributed by atoms with van der Waals surface area (Å²) in [6.45, 7) is 14.1. The van der Waals surface area contributed by atoms with E-state index in [2.05, 4.69) is 37.9 Å². The summed E-state index contributed by atoms with van der Waals surface area (Å²) in [7, 11) is 0. The van der Waals surface area contributed by atoms with E-state index in [0.717, 1.165) is 31.6 Å². The van der Waals surface area contributed by atoms with Gasteiger partial charge >= 0.3 is 0 Å². The highest BCUT2D eigenvalue weighted by atomic mass is 19.1. The van der Waals surface area contributed by atoms with E-state index in [4.69, 9.17) is 0 Å². The molecule has 3 heteroatoms. The Morgan fingerprint density at radius 2 is 2.14 bits per heavy atom. The van der Waals surface area contributed by atoms with Crippen LogP contribution in [0.3, 0.4) is 0 Å². The van der Waals surface area contributed by atoms with E-state index in [1.165, 1.54) is 5.56 Å². The SMILES string of the molecule is CCC1(C)CNC(C(C)C)CN1Cc1ccc(F)cc1C. The first-order valence-corrected chi connectivity index (χ1v) is 8.09. The summed E-state index contributed by atoms with van der Waals surface area (Å²) in [5, 5.41) is 3.70. The number of hydrogen-bond acceptors (Lipinski definition) is 2. The van der Waals surface area contributed by atoms with Crippen LogP contribution >= 0.6 is 0 Å². The van der Waals surface area contributed by atoms with Crippen molar-refractivity contribution in [2.75, 3.05) is 13.1 Å². The van der Waals surface area contributed by atoms with Gasteiger partial charge in [0, 0.05) is 31.2 Å². The molecule has 1 heterocycles. The van der Waals surface area contributed by atoms with E-state index in [0.29, 0.717) is 12.0 Å². The van der Waals surface area contributed by atoms with Crippen molar-refractivity contribution < 1.29 is 4.39 Å². The van der Waals surface area contributed by atoms with Crippen LogP contribution in [0.25, 0.3) is 0 Å². The molecule has 0 aliphatic carbocycles. The minimum Gasteiger partial charge on any atom is -0.311 e. The van der Waals surface area contributed by atoms with E-state index in [9.17, 15) is 4.39 Å². The lowest BCUT2D eigenvalue weighted by Crippen LogP contribution is -2.63. The molecule has 21 heavy (non-hydrogen) atoms. The molecule has 0 amide bonds. The van der Waals surface area contributed by atoms with Crippen molar-refractivity contribution >= 4 is 0 Å². The molecule has 1 N–H and O–H groups in total. The van der Waals surface area contributed by atoms with E-state index in [1.54, 1.807) is 12.1 Å². The molecule has 0 spiro atoms. The summed E-state index contributed by atoms with van der Waals surface area (Å²) >= 11 is 0. The molecule has 2 unspecified atom stereocenters. The first-order valence-electron chi connectivity index (χ1n) is 8.09. The largest absolute Gasteiger partial charge is 0.311 e. The quantitative estimate of drug-likeness (QED) is 0.909. The van der Waals surface area contributed by atoms with E-state index in [-0.39, 0.29) is 11.4 Å². The number of nitrogens with zero attached hydrogens (tertiary/aromatic N) is 1. The van der Waals surface area contributed by atoms with Crippen LogP contribution in [0.5, 0.6) is 0 Å². The van der Waals surface area contributed by atoms with Gasteiger partial charge in [0.2, 0.25) is 0 Å². The second kappa shape index (κ2) is 6.45. The molecule has 2 nitrogen and oxygen atoms in total. The molecule has 1 aromatic carbocycles. The van der Waals surface area contributed by atoms with Crippen LogP contribution in [0.4, 0.5) is 4.39 Å². The van der Waals surface area contributed by atoms with Gasteiger partial charge in [-0.1, -0.05) is 26.8 Å². The molecule has 2 atom stereocenters. The fourth-order valence-corrected chi connectivity index (χ4v) is 3.08. The van der Waals surface area contributed by atoms with Crippen LogP contribution in [0, 0.1) is 18.7 Å². The predicted octanol–water partition coefficient (Wildman–Crippen LogP) is 3.73. The van der Waals surface area contributed by atoms with Crippen molar-refractivity contribution in [2.24, 2.45) is 5.92 Å². The number of benzene rings is 1. The lowest BCUT2D eigenvalue weighted by Gasteiger charge is -2.49. The van der Waals surface area contributed by atoms with E-state index >= 15 is 0 Å². The van der Waals surface area contributed by atoms with Gasteiger partial charge in [-0.05, 0) is 49.4 Å². The first kappa shape index (κ1) is 16.4. The van der Waals surface area contributed by atoms with E-state index in [1.807, 2.05) is 13.0 Å². The lowest BCUT2D eigenvalue weighted by atomic mass is 9.88. The lowest BCUT2D eigenvalue weighted by molar-refractivity contribution is 0.0315. The maximum atomic E-state index is 13.3. The van der Waals surface area contributed by atoms with Crippen molar-refractivity contribution in [2.45, 2.75) is 59.2 Å². The Morgan fingerprint density at radius 3 is 2.71 bits per heavy atom.